The van der Waals surface area contributed by atoms with E-state index < -0.39 is 0 Å². The maximum Gasteiger partial charge on any atom is 0.141 e. The van der Waals surface area contributed by atoms with Crippen molar-refractivity contribution in [2.45, 2.75) is 18.9 Å². The fraction of sp³-hybridized carbons (Fsp3) is 0.364. The number of hydrogen-bond donors (Lipinski definition) is 2. The highest BCUT2D eigenvalue weighted by Gasteiger charge is 2.22. The van der Waals surface area contributed by atoms with Crippen molar-refractivity contribution in [3.63, 3.8) is 0 Å². The Labute approximate surface area is 191 Å². The normalized spacial score (nSPS) is 15.8. The first kappa shape index (κ1) is 21.7. The number of nitrogens with zero attached hydrogens (tertiary/aromatic N) is 2. The van der Waals surface area contributed by atoms with E-state index in [4.69, 9.17) is 42.4 Å². The van der Waals surface area contributed by atoms with Gasteiger partial charge in [-0.25, -0.2) is 9.97 Å². The summed E-state index contributed by atoms with van der Waals surface area (Å²) in [6.45, 7) is 1.45. The molecule has 0 radical (unpaired) electrons. The predicted octanol–water partition coefficient (Wildman–Crippen LogP) is 5.25. The fourth-order valence-electron chi connectivity index (χ4n) is 3.67. The lowest BCUT2D eigenvalue weighted by Crippen LogP contribution is -2.19. The minimum Gasteiger partial charge on any atom is -0.495 e. The van der Waals surface area contributed by atoms with Gasteiger partial charge in [0.05, 0.1) is 36.1 Å². The average molecular weight is 463 g/mol. The highest BCUT2D eigenvalue weighted by molar-refractivity contribution is 6.41. The number of fused-ring (bicyclic) bond motifs is 1. The van der Waals surface area contributed by atoms with Crippen LogP contribution < -0.4 is 20.1 Å². The topological polar surface area (TPSA) is 77.5 Å². The van der Waals surface area contributed by atoms with Crippen molar-refractivity contribution in [1.82, 2.24) is 9.97 Å². The molecule has 1 aliphatic rings. The number of pyridine rings is 2. The Morgan fingerprint density at radius 3 is 2.48 bits per heavy atom. The summed E-state index contributed by atoms with van der Waals surface area (Å²) in [5.74, 6) is 2.37. The van der Waals surface area contributed by atoms with Gasteiger partial charge in [0, 0.05) is 48.8 Å². The van der Waals surface area contributed by atoms with E-state index in [1.54, 1.807) is 26.5 Å². The summed E-state index contributed by atoms with van der Waals surface area (Å²) in [4.78, 5) is 9.32. The molecule has 1 saturated heterocycles. The second kappa shape index (κ2) is 9.34. The first-order valence-corrected chi connectivity index (χ1v) is 10.8. The highest BCUT2D eigenvalue weighted by Crippen LogP contribution is 2.46. The Morgan fingerprint density at radius 1 is 1.13 bits per heavy atom. The summed E-state index contributed by atoms with van der Waals surface area (Å²) in [5.41, 5.74) is 1.13. The molecule has 0 spiro atoms. The maximum absolute atomic E-state index is 6.64. The second-order valence-corrected chi connectivity index (χ2v) is 7.95. The number of benzene rings is 1. The predicted molar refractivity (Wildman–Crippen MR) is 125 cm³/mol. The third-order valence-corrected chi connectivity index (χ3v) is 6.07. The van der Waals surface area contributed by atoms with Gasteiger partial charge in [0.15, 0.2) is 0 Å². The third-order valence-electron chi connectivity index (χ3n) is 5.32. The van der Waals surface area contributed by atoms with Gasteiger partial charge < -0.3 is 24.8 Å². The highest BCUT2D eigenvalue weighted by atomic mass is 35.5. The molecule has 164 valence electrons. The fourth-order valence-corrected chi connectivity index (χ4v) is 4.37. The van der Waals surface area contributed by atoms with Gasteiger partial charge in [0.25, 0.3) is 0 Å². The number of rotatable bonds is 7. The van der Waals surface area contributed by atoms with E-state index in [9.17, 15) is 0 Å². The van der Waals surface area contributed by atoms with Gasteiger partial charge >= 0.3 is 0 Å². The Hall–Kier alpha value is -2.48. The lowest BCUT2D eigenvalue weighted by Gasteiger charge is -2.17. The summed E-state index contributed by atoms with van der Waals surface area (Å²) in [5, 5.41) is 9.08. The molecule has 3 aromatic rings. The van der Waals surface area contributed by atoms with Crippen LogP contribution in [0.3, 0.4) is 0 Å². The minimum absolute atomic E-state index is 0.162. The molecular formula is C22H24Cl2N4O3. The number of aromatic nitrogens is 2. The maximum atomic E-state index is 6.64. The number of hydrogen-bond acceptors (Lipinski definition) is 7. The first-order chi connectivity index (χ1) is 15.0. The van der Waals surface area contributed by atoms with Crippen LogP contribution in [0.25, 0.3) is 22.0 Å². The molecule has 0 bridgehead atoms. The van der Waals surface area contributed by atoms with Crippen LogP contribution in [-0.2, 0) is 4.74 Å². The Morgan fingerprint density at radius 2 is 1.87 bits per heavy atom. The quantitative estimate of drug-likeness (QED) is 0.495. The first-order valence-electron chi connectivity index (χ1n) is 10.00. The van der Waals surface area contributed by atoms with Gasteiger partial charge in [0.2, 0.25) is 0 Å². The summed E-state index contributed by atoms with van der Waals surface area (Å²) in [6.07, 6.45) is 4.06. The molecule has 7 nitrogen and oxygen atoms in total. The van der Waals surface area contributed by atoms with Gasteiger partial charge in [-0.2, -0.15) is 0 Å². The van der Waals surface area contributed by atoms with E-state index in [0.29, 0.717) is 45.2 Å². The van der Waals surface area contributed by atoms with Crippen molar-refractivity contribution in [2.24, 2.45) is 0 Å². The Bertz CT molecular complexity index is 1080. The summed E-state index contributed by atoms with van der Waals surface area (Å²) in [6, 6.07) is 5.52. The standard InChI is InChI=1S/C22H24Cl2N4O3/c1-25-18-8-14-12(10-26-18)7-15(28-22(14)27-11-13-5-4-6-31-13)19-20(23)16(29-2)9-17(30-3)21(19)24/h7-10,13H,4-6,11H2,1-3H3,(H,25,26)(H,27,28). The van der Waals surface area contributed by atoms with Crippen LogP contribution in [0.2, 0.25) is 10.0 Å². The molecule has 3 heterocycles. The van der Waals surface area contributed by atoms with E-state index in [2.05, 4.69) is 15.6 Å². The molecule has 0 amide bonds. The van der Waals surface area contributed by atoms with Crippen LogP contribution in [0, 0.1) is 0 Å². The van der Waals surface area contributed by atoms with Crippen LogP contribution in [0.4, 0.5) is 11.6 Å². The summed E-state index contributed by atoms with van der Waals surface area (Å²) >= 11 is 13.3. The van der Waals surface area contributed by atoms with E-state index in [1.807, 2.05) is 19.2 Å². The van der Waals surface area contributed by atoms with Crippen molar-refractivity contribution in [3.8, 4) is 22.8 Å². The molecule has 2 aromatic heterocycles. The summed E-state index contributed by atoms with van der Waals surface area (Å²) < 4.78 is 16.6. The van der Waals surface area contributed by atoms with E-state index >= 15 is 0 Å². The largest absolute Gasteiger partial charge is 0.495 e. The van der Waals surface area contributed by atoms with Crippen molar-refractivity contribution < 1.29 is 14.2 Å². The molecular weight excluding hydrogens is 439 g/mol. The average Bonchev–Trinajstić information content (AvgIpc) is 3.31. The molecule has 2 N–H and O–H groups in total. The molecule has 0 aliphatic carbocycles. The van der Waals surface area contributed by atoms with Gasteiger partial charge in [-0.1, -0.05) is 23.2 Å². The zero-order valence-corrected chi connectivity index (χ0v) is 19.1. The van der Waals surface area contributed by atoms with Crippen molar-refractivity contribution in [1.29, 1.82) is 0 Å². The minimum atomic E-state index is 0.162. The lowest BCUT2D eigenvalue weighted by atomic mass is 10.1. The van der Waals surface area contributed by atoms with Crippen molar-refractivity contribution >= 4 is 45.6 Å². The molecule has 1 aromatic carbocycles. The molecule has 1 fully saturated rings. The molecule has 0 saturated carbocycles. The van der Waals surface area contributed by atoms with Crippen molar-refractivity contribution in [3.05, 3.63) is 34.4 Å². The third kappa shape index (κ3) is 4.31. The van der Waals surface area contributed by atoms with Crippen LogP contribution in [0.15, 0.2) is 24.4 Å². The second-order valence-electron chi connectivity index (χ2n) is 7.20. The molecule has 31 heavy (non-hydrogen) atoms. The lowest BCUT2D eigenvalue weighted by molar-refractivity contribution is 0.120. The summed E-state index contributed by atoms with van der Waals surface area (Å²) in [7, 11) is 4.92. The molecule has 1 atom stereocenters. The number of ether oxygens (including phenoxy) is 3. The molecule has 4 rings (SSSR count). The van der Waals surface area contributed by atoms with Gasteiger partial charge in [0.1, 0.15) is 23.1 Å². The Balaban J connectivity index is 1.87. The number of anilines is 2. The number of nitrogens with one attached hydrogen (secondary N) is 2. The van der Waals surface area contributed by atoms with Crippen LogP contribution in [-0.4, -0.2) is 50.5 Å². The van der Waals surface area contributed by atoms with Crippen LogP contribution in [0.1, 0.15) is 12.8 Å². The zero-order chi connectivity index (χ0) is 22.0. The van der Waals surface area contributed by atoms with Crippen LogP contribution in [0.5, 0.6) is 11.5 Å². The smallest absolute Gasteiger partial charge is 0.141 e. The number of methoxy groups -OCH3 is 2. The van der Waals surface area contributed by atoms with E-state index in [0.717, 1.165) is 36.0 Å². The molecule has 9 heteroatoms. The van der Waals surface area contributed by atoms with E-state index in [-0.39, 0.29) is 6.10 Å². The van der Waals surface area contributed by atoms with E-state index in [1.165, 1.54) is 0 Å². The van der Waals surface area contributed by atoms with Gasteiger partial charge in [-0.05, 0) is 25.0 Å². The molecule has 1 aliphatic heterocycles. The van der Waals surface area contributed by atoms with Gasteiger partial charge in [-0.15, -0.1) is 0 Å². The van der Waals surface area contributed by atoms with Crippen molar-refractivity contribution in [2.75, 3.05) is 45.1 Å². The van der Waals surface area contributed by atoms with Crippen LogP contribution >= 0.6 is 23.2 Å². The number of halogens is 2. The Kier molecular flexibility index (Phi) is 6.55. The molecule has 1 unspecified atom stereocenters. The van der Waals surface area contributed by atoms with Gasteiger partial charge in [-0.3, -0.25) is 0 Å². The monoisotopic (exact) mass is 462 g/mol. The SMILES string of the molecule is CNc1cc2c(NCC3CCCO3)nc(-c3c(Cl)c(OC)cc(OC)c3Cl)cc2cn1. The zero-order valence-electron chi connectivity index (χ0n) is 17.6.